The smallest absolute Gasteiger partial charge is 0.148 e. The predicted octanol–water partition coefficient (Wildman–Crippen LogP) is 2.31. The monoisotopic (exact) mass is 293 g/mol. The van der Waals surface area contributed by atoms with Crippen LogP contribution in [0.3, 0.4) is 0 Å². The van der Waals surface area contributed by atoms with Crippen molar-refractivity contribution in [1.82, 2.24) is 10.2 Å². The Labute approximate surface area is 108 Å². The highest BCUT2D eigenvalue weighted by Gasteiger charge is 2.00. The summed E-state index contributed by atoms with van der Waals surface area (Å²) in [5.41, 5.74) is 1.85. The molecule has 1 aromatic heterocycles. The summed E-state index contributed by atoms with van der Waals surface area (Å²) >= 11 is 3.39. The highest BCUT2D eigenvalue weighted by Crippen LogP contribution is 2.19. The zero-order valence-corrected chi connectivity index (χ0v) is 10.7. The van der Waals surface area contributed by atoms with Crippen molar-refractivity contribution in [3.63, 3.8) is 0 Å². The Kier molecular flexibility index (Phi) is 4.06. The van der Waals surface area contributed by atoms with Gasteiger partial charge in [0.1, 0.15) is 5.82 Å². The molecule has 2 rings (SSSR count). The third-order valence-corrected chi connectivity index (χ3v) is 2.75. The number of hydrogen-bond donors (Lipinski definition) is 2. The van der Waals surface area contributed by atoms with E-state index in [-0.39, 0.29) is 6.61 Å². The molecular formula is C12H12BrN3O. The van der Waals surface area contributed by atoms with E-state index in [9.17, 15) is 0 Å². The van der Waals surface area contributed by atoms with Crippen LogP contribution in [-0.2, 0) is 0 Å². The fourth-order valence-electron chi connectivity index (χ4n) is 1.39. The molecule has 5 heteroatoms. The molecule has 0 amide bonds. The Bertz CT molecular complexity index is 470. The molecule has 0 spiro atoms. The van der Waals surface area contributed by atoms with Crippen molar-refractivity contribution in [2.24, 2.45) is 0 Å². The number of rotatable bonds is 4. The van der Waals surface area contributed by atoms with Crippen LogP contribution in [0.1, 0.15) is 0 Å². The minimum atomic E-state index is 0.0795. The average Bonchev–Trinajstić information content (AvgIpc) is 2.38. The van der Waals surface area contributed by atoms with Crippen molar-refractivity contribution in [2.75, 3.05) is 18.5 Å². The van der Waals surface area contributed by atoms with Gasteiger partial charge in [-0.25, -0.2) is 0 Å². The average molecular weight is 294 g/mol. The summed E-state index contributed by atoms with van der Waals surface area (Å²) < 4.78 is 1.04. The van der Waals surface area contributed by atoms with Crippen LogP contribution < -0.4 is 5.32 Å². The second-order valence-electron chi connectivity index (χ2n) is 3.46. The molecule has 0 atom stereocenters. The van der Waals surface area contributed by atoms with Crippen LogP contribution in [0.5, 0.6) is 0 Å². The van der Waals surface area contributed by atoms with Gasteiger partial charge < -0.3 is 10.4 Å². The summed E-state index contributed by atoms with van der Waals surface area (Å²) in [6, 6.07) is 11.6. The fourth-order valence-corrected chi connectivity index (χ4v) is 1.65. The number of aliphatic hydroxyl groups is 1. The van der Waals surface area contributed by atoms with Crippen molar-refractivity contribution in [3.05, 3.63) is 40.9 Å². The number of benzene rings is 1. The van der Waals surface area contributed by atoms with E-state index in [0.29, 0.717) is 12.4 Å². The third-order valence-electron chi connectivity index (χ3n) is 2.22. The van der Waals surface area contributed by atoms with Gasteiger partial charge in [-0.05, 0) is 24.3 Å². The molecule has 0 radical (unpaired) electrons. The molecule has 0 aliphatic rings. The zero-order chi connectivity index (χ0) is 12.1. The first kappa shape index (κ1) is 12.0. The topological polar surface area (TPSA) is 58.0 Å². The number of halogens is 1. The molecule has 0 aliphatic carbocycles. The van der Waals surface area contributed by atoms with Crippen LogP contribution in [0.25, 0.3) is 11.3 Å². The summed E-state index contributed by atoms with van der Waals surface area (Å²) in [6.45, 7) is 0.558. The minimum absolute atomic E-state index is 0.0795. The third kappa shape index (κ3) is 3.25. The molecule has 1 heterocycles. The Morgan fingerprint density at radius 3 is 2.41 bits per heavy atom. The molecule has 0 fully saturated rings. The van der Waals surface area contributed by atoms with Gasteiger partial charge in [0, 0.05) is 16.6 Å². The lowest BCUT2D eigenvalue weighted by Crippen LogP contribution is -2.07. The number of nitrogens with one attached hydrogen (secondary N) is 1. The molecule has 0 bridgehead atoms. The summed E-state index contributed by atoms with van der Waals surface area (Å²) in [5, 5.41) is 19.8. The molecular weight excluding hydrogens is 282 g/mol. The number of aromatic nitrogens is 2. The van der Waals surface area contributed by atoms with Crippen molar-refractivity contribution < 1.29 is 5.11 Å². The second kappa shape index (κ2) is 5.75. The predicted molar refractivity (Wildman–Crippen MR) is 70.7 cm³/mol. The lowest BCUT2D eigenvalue weighted by molar-refractivity contribution is 0.311. The summed E-state index contributed by atoms with van der Waals surface area (Å²) in [7, 11) is 0. The quantitative estimate of drug-likeness (QED) is 0.908. The first-order valence-electron chi connectivity index (χ1n) is 5.24. The van der Waals surface area contributed by atoms with E-state index in [2.05, 4.69) is 31.4 Å². The van der Waals surface area contributed by atoms with Crippen LogP contribution in [0, 0.1) is 0 Å². The number of nitrogens with zero attached hydrogens (tertiary/aromatic N) is 2. The molecule has 0 aliphatic heterocycles. The first-order chi connectivity index (χ1) is 8.29. The number of anilines is 1. The standard InChI is InChI=1S/C12H12BrN3O/c13-10-3-1-9(2-4-10)11-5-6-12(16-15-11)14-7-8-17/h1-6,17H,7-8H2,(H,14,16). The molecule has 0 saturated carbocycles. The van der Waals surface area contributed by atoms with E-state index >= 15 is 0 Å². The zero-order valence-electron chi connectivity index (χ0n) is 9.10. The van der Waals surface area contributed by atoms with Crippen molar-refractivity contribution in [1.29, 1.82) is 0 Å². The SMILES string of the molecule is OCCNc1ccc(-c2ccc(Br)cc2)nn1. The van der Waals surface area contributed by atoms with Gasteiger partial charge >= 0.3 is 0 Å². The highest BCUT2D eigenvalue weighted by molar-refractivity contribution is 9.10. The maximum atomic E-state index is 8.67. The van der Waals surface area contributed by atoms with E-state index in [4.69, 9.17) is 5.11 Å². The van der Waals surface area contributed by atoms with Crippen molar-refractivity contribution in [3.8, 4) is 11.3 Å². The van der Waals surface area contributed by atoms with Crippen molar-refractivity contribution in [2.45, 2.75) is 0 Å². The Morgan fingerprint density at radius 2 is 1.82 bits per heavy atom. The lowest BCUT2D eigenvalue weighted by Gasteiger charge is -2.04. The van der Waals surface area contributed by atoms with E-state index in [1.807, 2.05) is 36.4 Å². The maximum Gasteiger partial charge on any atom is 0.148 e. The highest BCUT2D eigenvalue weighted by atomic mass is 79.9. The number of hydrogen-bond acceptors (Lipinski definition) is 4. The Morgan fingerprint density at radius 1 is 1.06 bits per heavy atom. The van der Waals surface area contributed by atoms with Gasteiger partial charge in [0.2, 0.25) is 0 Å². The van der Waals surface area contributed by atoms with Gasteiger partial charge in [0.25, 0.3) is 0 Å². The molecule has 0 unspecified atom stereocenters. The van der Waals surface area contributed by atoms with Crippen LogP contribution in [-0.4, -0.2) is 28.5 Å². The first-order valence-corrected chi connectivity index (χ1v) is 6.03. The number of aliphatic hydroxyl groups excluding tert-OH is 1. The summed E-state index contributed by atoms with van der Waals surface area (Å²) in [6.07, 6.45) is 0. The molecule has 1 aromatic carbocycles. The minimum Gasteiger partial charge on any atom is -0.395 e. The van der Waals surface area contributed by atoms with Gasteiger partial charge in [-0.1, -0.05) is 28.1 Å². The van der Waals surface area contributed by atoms with E-state index in [1.54, 1.807) is 0 Å². The molecule has 2 aromatic rings. The van der Waals surface area contributed by atoms with E-state index in [0.717, 1.165) is 15.7 Å². The van der Waals surface area contributed by atoms with Gasteiger partial charge in [-0.3, -0.25) is 0 Å². The normalized spacial score (nSPS) is 10.2. The summed E-state index contributed by atoms with van der Waals surface area (Å²) in [4.78, 5) is 0. The summed E-state index contributed by atoms with van der Waals surface area (Å²) in [5.74, 6) is 0.667. The van der Waals surface area contributed by atoms with E-state index in [1.165, 1.54) is 0 Å². The molecule has 4 nitrogen and oxygen atoms in total. The fraction of sp³-hybridized carbons (Fsp3) is 0.167. The van der Waals surface area contributed by atoms with Gasteiger partial charge in [-0.2, -0.15) is 0 Å². The van der Waals surface area contributed by atoms with Crippen LogP contribution in [0.2, 0.25) is 0 Å². The molecule has 17 heavy (non-hydrogen) atoms. The van der Waals surface area contributed by atoms with Crippen LogP contribution >= 0.6 is 15.9 Å². The Balaban J connectivity index is 2.14. The molecule has 0 saturated heterocycles. The maximum absolute atomic E-state index is 8.67. The van der Waals surface area contributed by atoms with E-state index < -0.39 is 0 Å². The van der Waals surface area contributed by atoms with Gasteiger partial charge in [0.15, 0.2) is 0 Å². The second-order valence-corrected chi connectivity index (χ2v) is 4.38. The lowest BCUT2D eigenvalue weighted by atomic mass is 10.1. The van der Waals surface area contributed by atoms with Gasteiger partial charge in [-0.15, -0.1) is 10.2 Å². The van der Waals surface area contributed by atoms with Crippen molar-refractivity contribution >= 4 is 21.7 Å². The molecule has 88 valence electrons. The Hall–Kier alpha value is -1.46. The molecule has 2 N–H and O–H groups in total. The van der Waals surface area contributed by atoms with Crippen LogP contribution in [0.4, 0.5) is 5.82 Å². The van der Waals surface area contributed by atoms with Crippen LogP contribution in [0.15, 0.2) is 40.9 Å². The largest absolute Gasteiger partial charge is 0.395 e. The van der Waals surface area contributed by atoms with Gasteiger partial charge in [0.05, 0.1) is 12.3 Å².